The molecule has 0 atom stereocenters. The molecule has 0 unspecified atom stereocenters. The molecule has 4 heteroatoms. The van der Waals surface area contributed by atoms with Crippen LogP contribution < -0.4 is 0 Å². The highest BCUT2D eigenvalue weighted by atomic mass is 32.1. The molecule has 0 bridgehead atoms. The predicted molar refractivity (Wildman–Crippen MR) is 60.9 cm³/mol. The molecule has 3 nitrogen and oxygen atoms in total. The van der Waals surface area contributed by atoms with Gasteiger partial charge in [-0.3, -0.25) is 0 Å². The number of hydrogen-bond donors (Lipinski definition) is 1. The number of para-hydroxylation sites is 1. The summed E-state index contributed by atoms with van der Waals surface area (Å²) < 4.78 is 0.742. The van der Waals surface area contributed by atoms with Crippen molar-refractivity contribution >= 4 is 23.2 Å². The van der Waals surface area contributed by atoms with Gasteiger partial charge < -0.3 is 10.3 Å². The highest BCUT2D eigenvalue weighted by Crippen LogP contribution is 2.21. The maximum atomic E-state index is 11.6. The van der Waals surface area contributed by atoms with E-state index in [9.17, 15) is 10.3 Å². The Morgan fingerprint density at radius 1 is 1.20 bits per heavy atom. The zero-order valence-corrected chi connectivity index (χ0v) is 8.65. The summed E-state index contributed by atoms with van der Waals surface area (Å²) in [5, 5.41) is 22.7. The van der Waals surface area contributed by atoms with Crippen molar-refractivity contribution in [3.05, 3.63) is 51.9 Å². The minimum Gasteiger partial charge on any atom is -0.618 e. The number of hydrogen-bond acceptors (Lipinski definition) is 3. The van der Waals surface area contributed by atoms with Crippen molar-refractivity contribution in [3.63, 3.8) is 0 Å². The van der Waals surface area contributed by atoms with Gasteiger partial charge in [0.15, 0.2) is 0 Å². The third kappa shape index (κ3) is 2.16. The van der Waals surface area contributed by atoms with E-state index in [-0.39, 0.29) is 5.75 Å². The lowest BCUT2D eigenvalue weighted by Crippen LogP contribution is -1.96. The van der Waals surface area contributed by atoms with Gasteiger partial charge in [0.25, 0.3) is 0 Å². The van der Waals surface area contributed by atoms with Crippen LogP contribution in [0.15, 0.2) is 41.8 Å². The molecule has 0 radical (unpaired) electrons. The molecule has 0 fully saturated rings. The largest absolute Gasteiger partial charge is 0.618 e. The van der Waals surface area contributed by atoms with Gasteiger partial charge in [-0.1, -0.05) is 18.2 Å². The Morgan fingerprint density at radius 3 is 2.53 bits per heavy atom. The smallest absolute Gasteiger partial charge is 0.216 e. The molecule has 76 valence electrons. The van der Waals surface area contributed by atoms with Crippen molar-refractivity contribution in [1.82, 2.24) is 0 Å². The van der Waals surface area contributed by atoms with Crippen molar-refractivity contribution in [2.24, 2.45) is 0 Å². The molecule has 0 aliphatic heterocycles. The maximum absolute atomic E-state index is 11.6. The van der Waals surface area contributed by atoms with E-state index in [4.69, 9.17) is 0 Å². The van der Waals surface area contributed by atoms with Gasteiger partial charge in [-0.25, -0.2) is 0 Å². The molecule has 0 saturated heterocycles. The Labute approximate surface area is 91.1 Å². The van der Waals surface area contributed by atoms with Gasteiger partial charge in [0.05, 0.1) is 0 Å². The van der Waals surface area contributed by atoms with Gasteiger partial charge in [-0.05, 0) is 11.4 Å². The second-order valence-electron chi connectivity index (χ2n) is 2.96. The molecular weight excluding hydrogens is 210 g/mol. The molecule has 1 aromatic heterocycles. The van der Waals surface area contributed by atoms with Crippen LogP contribution in [0.3, 0.4) is 0 Å². The van der Waals surface area contributed by atoms with E-state index in [1.54, 1.807) is 35.7 Å². The molecule has 2 rings (SSSR count). The van der Waals surface area contributed by atoms with Crippen molar-refractivity contribution in [2.45, 2.75) is 0 Å². The standard InChI is InChI=1S/C11H9NO2S/c13-10-6-7-15-11(10)8-12(14)9-4-2-1-3-5-9/h1-8,13H. The Kier molecular flexibility index (Phi) is 2.69. The van der Waals surface area contributed by atoms with Crippen molar-refractivity contribution in [1.29, 1.82) is 0 Å². The van der Waals surface area contributed by atoms with E-state index < -0.39 is 0 Å². The minimum absolute atomic E-state index is 0.136. The molecule has 0 amide bonds. The van der Waals surface area contributed by atoms with Crippen LogP contribution in [-0.2, 0) is 0 Å². The van der Waals surface area contributed by atoms with Crippen molar-refractivity contribution < 1.29 is 9.85 Å². The van der Waals surface area contributed by atoms with Crippen LogP contribution in [0.4, 0.5) is 5.69 Å². The summed E-state index contributed by atoms with van der Waals surface area (Å²) in [6.45, 7) is 0. The normalized spacial score (nSPS) is 11.6. The molecule has 1 heterocycles. The van der Waals surface area contributed by atoms with Crippen LogP contribution in [0.1, 0.15) is 4.88 Å². The summed E-state index contributed by atoms with van der Waals surface area (Å²) in [5.74, 6) is 0.136. The fourth-order valence-electron chi connectivity index (χ4n) is 1.17. The molecule has 15 heavy (non-hydrogen) atoms. The number of nitrogens with zero attached hydrogens (tertiary/aromatic N) is 1. The molecule has 2 aromatic rings. The van der Waals surface area contributed by atoms with Gasteiger partial charge in [0.2, 0.25) is 11.9 Å². The molecule has 1 aromatic carbocycles. The maximum Gasteiger partial charge on any atom is 0.216 e. The van der Waals surface area contributed by atoms with Crippen LogP contribution >= 0.6 is 11.3 Å². The Hall–Kier alpha value is -1.81. The van der Waals surface area contributed by atoms with Crippen molar-refractivity contribution in [2.75, 3.05) is 0 Å². The highest BCUT2D eigenvalue weighted by molar-refractivity contribution is 7.12. The number of thiophene rings is 1. The molecule has 0 aliphatic rings. The summed E-state index contributed by atoms with van der Waals surface area (Å²) >= 11 is 1.33. The van der Waals surface area contributed by atoms with E-state index in [1.165, 1.54) is 17.6 Å². The zero-order chi connectivity index (χ0) is 10.7. The lowest BCUT2D eigenvalue weighted by Gasteiger charge is -2.01. The molecule has 0 saturated carbocycles. The van der Waals surface area contributed by atoms with E-state index in [1.807, 2.05) is 6.07 Å². The average Bonchev–Trinajstić information content (AvgIpc) is 2.66. The number of rotatable bonds is 2. The zero-order valence-electron chi connectivity index (χ0n) is 7.83. The Morgan fingerprint density at radius 2 is 1.93 bits per heavy atom. The quantitative estimate of drug-likeness (QED) is 0.365. The van der Waals surface area contributed by atoms with Crippen LogP contribution in [0.2, 0.25) is 0 Å². The fraction of sp³-hybridized carbons (Fsp3) is 0. The summed E-state index contributed by atoms with van der Waals surface area (Å²) in [6.07, 6.45) is 1.37. The van der Waals surface area contributed by atoms with Crippen LogP contribution in [0.25, 0.3) is 0 Å². The van der Waals surface area contributed by atoms with E-state index in [0.29, 0.717) is 10.6 Å². The second-order valence-corrected chi connectivity index (χ2v) is 3.91. The first-order valence-corrected chi connectivity index (χ1v) is 5.28. The number of benzene rings is 1. The van der Waals surface area contributed by atoms with Gasteiger partial charge in [0, 0.05) is 12.1 Å². The molecule has 0 spiro atoms. The van der Waals surface area contributed by atoms with Gasteiger partial charge in [-0.15, -0.1) is 11.3 Å². The van der Waals surface area contributed by atoms with E-state index >= 15 is 0 Å². The number of aromatic hydroxyl groups is 1. The fourth-order valence-corrected chi connectivity index (χ4v) is 1.86. The third-order valence-corrected chi connectivity index (χ3v) is 2.76. The van der Waals surface area contributed by atoms with Gasteiger partial charge >= 0.3 is 0 Å². The van der Waals surface area contributed by atoms with Crippen LogP contribution in [-0.4, -0.2) is 16.1 Å². The average molecular weight is 219 g/mol. The monoisotopic (exact) mass is 219 g/mol. The topological polar surface area (TPSA) is 46.3 Å². The van der Waals surface area contributed by atoms with Gasteiger partial charge in [0.1, 0.15) is 10.6 Å². The summed E-state index contributed by atoms with van der Waals surface area (Å²) in [5.41, 5.74) is 0.547. The van der Waals surface area contributed by atoms with E-state index in [0.717, 1.165) is 4.74 Å². The molecule has 0 aliphatic carbocycles. The minimum atomic E-state index is 0.136. The first kappa shape index (κ1) is 9.73. The van der Waals surface area contributed by atoms with Crippen molar-refractivity contribution in [3.8, 4) is 5.75 Å². The lowest BCUT2D eigenvalue weighted by atomic mass is 10.3. The highest BCUT2D eigenvalue weighted by Gasteiger charge is 2.05. The first-order chi connectivity index (χ1) is 7.27. The summed E-state index contributed by atoms with van der Waals surface area (Å²) in [7, 11) is 0. The summed E-state index contributed by atoms with van der Waals surface area (Å²) in [4.78, 5) is 0.564. The Bertz CT molecular complexity index is 476. The van der Waals surface area contributed by atoms with Gasteiger partial charge in [-0.2, -0.15) is 4.74 Å². The molecular formula is C11H9NO2S. The predicted octanol–water partition coefficient (Wildman–Crippen LogP) is 2.71. The van der Waals surface area contributed by atoms with Crippen LogP contribution in [0, 0.1) is 5.21 Å². The van der Waals surface area contributed by atoms with E-state index in [2.05, 4.69) is 0 Å². The molecule has 1 N–H and O–H groups in total. The first-order valence-electron chi connectivity index (χ1n) is 4.40. The Balaban J connectivity index is 2.33. The lowest BCUT2D eigenvalue weighted by molar-refractivity contribution is -0.354. The SMILES string of the molecule is [O-][N+](=Cc1sccc1O)c1ccccc1. The summed E-state index contributed by atoms with van der Waals surface area (Å²) in [6, 6.07) is 10.4. The third-order valence-electron chi connectivity index (χ3n) is 1.92. The second kappa shape index (κ2) is 4.14. The van der Waals surface area contributed by atoms with Crippen LogP contribution in [0.5, 0.6) is 5.75 Å².